The van der Waals surface area contributed by atoms with Crippen molar-refractivity contribution in [1.82, 2.24) is 15.3 Å². The highest BCUT2D eigenvalue weighted by molar-refractivity contribution is 6.32. The highest BCUT2D eigenvalue weighted by atomic mass is 35.5. The van der Waals surface area contributed by atoms with Gasteiger partial charge < -0.3 is 10.3 Å². The fourth-order valence-electron chi connectivity index (χ4n) is 2.33. The Hall–Kier alpha value is -1.53. The molecule has 0 aliphatic carbocycles. The van der Waals surface area contributed by atoms with Crippen molar-refractivity contribution < 1.29 is 13.2 Å². The van der Waals surface area contributed by atoms with Crippen molar-refractivity contribution in [2.24, 2.45) is 0 Å². The number of benzene rings is 1. The first-order valence-corrected chi connectivity index (χ1v) is 6.39. The quantitative estimate of drug-likeness (QED) is 0.786. The number of fused-ring (bicyclic) bond motifs is 1. The maximum absolute atomic E-state index is 12.8. The van der Waals surface area contributed by atoms with Gasteiger partial charge in [-0.2, -0.15) is 13.2 Å². The van der Waals surface area contributed by atoms with Crippen LogP contribution in [0.1, 0.15) is 23.9 Å². The highest BCUT2D eigenvalue weighted by Gasteiger charge is 2.34. The summed E-state index contributed by atoms with van der Waals surface area (Å²) in [6.45, 7) is 4.56. The SMILES string of the molecule is C=C1CN[C@H](c2nc3cc(Cl)c(C(F)(F)F)cc3[nH]2)C1. The van der Waals surface area contributed by atoms with Gasteiger partial charge in [0.25, 0.3) is 0 Å². The van der Waals surface area contributed by atoms with Crippen LogP contribution in [-0.4, -0.2) is 16.5 Å². The zero-order chi connectivity index (χ0) is 14.5. The summed E-state index contributed by atoms with van der Waals surface area (Å²) in [6, 6.07) is 2.20. The first-order valence-electron chi connectivity index (χ1n) is 6.01. The van der Waals surface area contributed by atoms with Gasteiger partial charge in [-0.3, -0.25) is 0 Å². The minimum absolute atomic E-state index is 0.0389. The van der Waals surface area contributed by atoms with Crippen molar-refractivity contribution in [3.63, 3.8) is 0 Å². The van der Waals surface area contributed by atoms with Crippen LogP contribution in [0.15, 0.2) is 24.3 Å². The standard InChI is InChI=1S/C13H11ClF3N3/c1-6-2-11(18-5-6)12-19-9-3-7(13(15,16)17)8(14)4-10(9)20-12/h3-4,11,18H,1-2,5H2,(H,19,20)/t11-/m0/s1. The number of H-pyrrole nitrogens is 1. The lowest BCUT2D eigenvalue weighted by molar-refractivity contribution is -0.137. The molecule has 0 saturated carbocycles. The van der Waals surface area contributed by atoms with Gasteiger partial charge in [-0.15, -0.1) is 0 Å². The molecule has 1 aliphatic rings. The lowest BCUT2D eigenvalue weighted by Gasteiger charge is -2.08. The van der Waals surface area contributed by atoms with Gasteiger partial charge in [-0.05, 0) is 18.6 Å². The monoisotopic (exact) mass is 301 g/mol. The van der Waals surface area contributed by atoms with Gasteiger partial charge in [0, 0.05) is 6.54 Å². The maximum Gasteiger partial charge on any atom is 0.417 e. The predicted molar refractivity (Wildman–Crippen MR) is 70.6 cm³/mol. The molecule has 2 heterocycles. The Kier molecular flexibility index (Phi) is 3.02. The molecule has 1 saturated heterocycles. The summed E-state index contributed by atoms with van der Waals surface area (Å²) < 4.78 is 38.4. The number of nitrogens with one attached hydrogen (secondary N) is 2. The molecule has 0 bridgehead atoms. The van der Waals surface area contributed by atoms with Crippen LogP contribution >= 0.6 is 11.6 Å². The zero-order valence-electron chi connectivity index (χ0n) is 10.3. The second-order valence-electron chi connectivity index (χ2n) is 4.86. The van der Waals surface area contributed by atoms with Gasteiger partial charge in [0.05, 0.1) is 27.7 Å². The van der Waals surface area contributed by atoms with Crippen LogP contribution in [0.25, 0.3) is 11.0 Å². The smallest absolute Gasteiger partial charge is 0.341 e. The Morgan fingerprint density at radius 1 is 1.35 bits per heavy atom. The molecule has 1 aliphatic heterocycles. The largest absolute Gasteiger partial charge is 0.417 e. The molecule has 0 radical (unpaired) electrons. The second-order valence-corrected chi connectivity index (χ2v) is 5.26. The molecule has 1 aromatic heterocycles. The molecule has 0 unspecified atom stereocenters. The van der Waals surface area contributed by atoms with E-state index >= 15 is 0 Å². The molecule has 7 heteroatoms. The van der Waals surface area contributed by atoms with Crippen LogP contribution < -0.4 is 5.32 Å². The number of hydrogen-bond donors (Lipinski definition) is 2. The van der Waals surface area contributed by atoms with Crippen LogP contribution in [0.3, 0.4) is 0 Å². The van der Waals surface area contributed by atoms with E-state index in [1.165, 1.54) is 6.07 Å². The average Bonchev–Trinajstić information content (AvgIpc) is 2.92. The van der Waals surface area contributed by atoms with E-state index in [0.717, 1.165) is 18.1 Å². The van der Waals surface area contributed by atoms with E-state index in [1.54, 1.807) is 0 Å². The summed E-state index contributed by atoms with van der Waals surface area (Å²) in [5, 5.41) is 2.85. The minimum atomic E-state index is -4.48. The van der Waals surface area contributed by atoms with Gasteiger partial charge in [0.1, 0.15) is 5.82 Å². The number of aromatic amines is 1. The molecule has 1 aromatic carbocycles. The molecule has 3 rings (SSSR count). The van der Waals surface area contributed by atoms with E-state index in [1.807, 2.05) is 0 Å². The molecule has 1 fully saturated rings. The van der Waals surface area contributed by atoms with Crippen molar-refractivity contribution in [2.75, 3.05) is 6.54 Å². The van der Waals surface area contributed by atoms with Crippen molar-refractivity contribution in [1.29, 1.82) is 0 Å². The minimum Gasteiger partial charge on any atom is -0.341 e. The van der Waals surface area contributed by atoms with E-state index in [9.17, 15) is 13.2 Å². The first kappa shape index (κ1) is 13.5. The Balaban J connectivity index is 2.05. The normalized spacial score (nSPS) is 20.0. The molecule has 2 N–H and O–H groups in total. The second kappa shape index (κ2) is 4.49. The van der Waals surface area contributed by atoms with E-state index in [4.69, 9.17) is 11.6 Å². The van der Waals surface area contributed by atoms with E-state index in [2.05, 4.69) is 21.9 Å². The van der Waals surface area contributed by atoms with Gasteiger partial charge in [-0.1, -0.05) is 23.8 Å². The molecule has 106 valence electrons. The number of halogens is 4. The molecule has 2 aromatic rings. The summed E-state index contributed by atoms with van der Waals surface area (Å²) in [5.41, 5.74) is 0.948. The number of rotatable bonds is 1. The average molecular weight is 302 g/mol. The number of aromatic nitrogens is 2. The van der Waals surface area contributed by atoms with Crippen LogP contribution in [0.2, 0.25) is 5.02 Å². The van der Waals surface area contributed by atoms with Crippen LogP contribution in [0.4, 0.5) is 13.2 Å². The van der Waals surface area contributed by atoms with Gasteiger partial charge in [0.15, 0.2) is 0 Å². The fourth-order valence-corrected chi connectivity index (χ4v) is 2.59. The van der Waals surface area contributed by atoms with Crippen molar-refractivity contribution in [2.45, 2.75) is 18.6 Å². The highest BCUT2D eigenvalue weighted by Crippen LogP contribution is 2.37. The zero-order valence-corrected chi connectivity index (χ0v) is 11.1. The molecule has 0 spiro atoms. The third kappa shape index (κ3) is 2.29. The predicted octanol–water partition coefficient (Wildman–Crippen LogP) is 3.83. The summed E-state index contributed by atoms with van der Waals surface area (Å²) in [5.74, 6) is 0.606. The number of nitrogens with zero attached hydrogens (tertiary/aromatic N) is 1. The van der Waals surface area contributed by atoms with E-state index < -0.39 is 11.7 Å². The Bertz CT molecular complexity index is 690. The number of alkyl halides is 3. The molecule has 0 amide bonds. The lowest BCUT2D eigenvalue weighted by atomic mass is 10.2. The maximum atomic E-state index is 12.8. The molecular formula is C13H11ClF3N3. The summed E-state index contributed by atoms with van der Waals surface area (Å²) >= 11 is 5.68. The Labute approximate surface area is 117 Å². The van der Waals surface area contributed by atoms with Crippen molar-refractivity contribution in [3.8, 4) is 0 Å². The Morgan fingerprint density at radius 2 is 2.10 bits per heavy atom. The third-order valence-corrected chi connectivity index (χ3v) is 3.63. The molecule has 1 atom stereocenters. The fraction of sp³-hybridized carbons (Fsp3) is 0.308. The number of hydrogen-bond acceptors (Lipinski definition) is 2. The van der Waals surface area contributed by atoms with Crippen LogP contribution in [-0.2, 0) is 6.18 Å². The summed E-state index contributed by atoms with van der Waals surface area (Å²) in [6.07, 6.45) is -3.75. The van der Waals surface area contributed by atoms with Gasteiger partial charge in [0.2, 0.25) is 0 Å². The van der Waals surface area contributed by atoms with Gasteiger partial charge in [-0.25, -0.2) is 4.98 Å². The topological polar surface area (TPSA) is 40.7 Å². The summed E-state index contributed by atoms with van der Waals surface area (Å²) in [4.78, 5) is 7.23. The van der Waals surface area contributed by atoms with Crippen LogP contribution in [0, 0.1) is 0 Å². The lowest BCUT2D eigenvalue weighted by Crippen LogP contribution is -2.14. The van der Waals surface area contributed by atoms with Crippen molar-refractivity contribution >= 4 is 22.6 Å². The van der Waals surface area contributed by atoms with E-state index in [-0.39, 0.29) is 11.1 Å². The van der Waals surface area contributed by atoms with E-state index in [0.29, 0.717) is 23.4 Å². The third-order valence-electron chi connectivity index (χ3n) is 3.32. The molecule has 3 nitrogen and oxygen atoms in total. The van der Waals surface area contributed by atoms with Crippen molar-refractivity contribution in [3.05, 3.63) is 40.7 Å². The molecular weight excluding hydrogens is 291 g/mol. The molecule has 20 heavy (non-hydrogen) atoms. The number of imidazole rings is 1. The Morgan fingerprint density at radius 3 is 2.70 bits per heavy atom. The van der Waals surface area contributed by atoms with Gasteiger partial charge >= 0.3 is 6.18 Å². The first-order chi connectivity index (χ1) is 9.34. The van der Waals surface area contributed by atoms with Crippen LogP contribution in [0.5, 0.6) is 0 Å². The summed E-state index contributed by atoms with van der Waals surface area (Å²) in [7, 11) is 0.